The van der Waals surface area contributed by atoms with Crippen LogP contribution in [-0.4, -0.2) is 41.6 Å². The molecule has 0 saturated carbocycles. The lowest BCUT2D eigenvalue weighted by Crippen LogP contribution is -2.36. The Morgan fingerprint density at radius 1 is 0.923 bits per heavy atom. The summed E-state index contributed by atoms with van der Waals surface area (Å²) < 4.78 is 30.7. The number of carbonyl (C=O) groups is 4. The Labute approximate surface area is 146 Å². The van der Waals surface area contributed by atoms with E-state index in [2.05, 4.69) is 0 Å². The molecule has 0 atom stereocenters. The molecular formula is C18H11F2NO5. The van der Waals surface area contributed by atoms with Gasteiger partial charge in [-0.05, 0) is 30.3 Å². The lowest BCUT2D eigenvalue weighted by Gasteiger charge is -2.12. The zero-order chi connectivity index (χ0) is 18.8. The van der Waals surface area contributed by atoms with E-state index >= 15 is 0 Å². The summed E-state index contributed by atoms with van der Waals surface area (Å²) in [5.41, 5.74) is 0.198. The number of ether oxygens (including phenoxy) is 1. The largest absolute Gasteiger partial charge is 0.456 e. The van der Waals surface area contributed by atoms with E-state index in [0.29, 0.717) is 6.07 Å². The Morgan fingerprint density at radius 3 is 2.12 bits per heavy atom. The van der Waals surface area contributed by atoms with Crippen molar-refractivity contribution in [2.75, 3.05) is 13.2 Å². The number of fused-ring (bicyclic) bond motifs is 1. The van der Waals surface area contributed by atoms with Crippen LogP contribution in [0.1, 0.15) is 31.1 Å². The fourth-order valence-corrected chi connectivity index (χ4v) is 2.46. The average Bonchev–Trinajstić information content (AvgIpc) is 2.87. The van der Waals surface area contributed by atoms with Crippen LogP contribution in [0, 0.1) is 11.6 Å². The number of Topliss-reactive ketones (excluding diaryl/α,β-unsaturated/α-hetero) is 1. The maximum atomic E-state index is 13.1. The SMILES string of the molecule is O=C(CN1C(=O)c2ccccc2C1=O)OCC(=O)c1ccc(F)c(F)c1. The first-order chi connectivity index (χ1) is 12.4. The van der Waals surface area contributed by atoms with E-state index in [4.69, 9.17) is 4.74 Å². The Morgan fingerprint density at radius 2 is 1.54 bits per heavy atom. The number of rotatable bonds is 5. The predicted molar refractivity (Wildman–Crippen MR) is 83.5 cm³/mol. The molecule has 0 N–H and O–H groups in total. The Bertz CT molecular complexity index is 906. The number of benzene rings is 2. The molecule has 0 fully saturated rings. The van der Waals surface area contributed by atoms with Crippen LogP contribution in [-0.2, 0) is 9.53 Å². The van der Waals surface area contributed by atoms with Crippen molar-refractivity contribution < 1.29 is 32.7 Å². The summed E-state index contributed by atoms with van der Waals surface area (Å²) >= 11 is 0. The molecule has 1 aliphatic rings. The first-order valence-corrected chi connectivity index (χ1v) is 7.47. The summed E-state index contributed by atoms with van der Waals surface area (Å²) in [6.45, 7) is -1.38. The van der Waals surface area contributed by atoms with Crippen LogP contribution in [0.2, 0.25) is 0 Å². The molecule has 26 heavy (non-hydrogen) atoms. The minimum Gasteiger partial charge on any atom is -0.456 e. The van der Waals surface area contributed by atoms with Gasteiger partial charge in [-0.2, -0.15) is 0 Å². The first kappa shape index (κ1) is 17.4. The van der Waals surface area contributed by atoms with Crippen molar-refractivity contribution in [2.24, 2.45) is 0 Å². The molecule has 0 saturated heterocycles. The number of hydrogen-bond acceptors (Lipinski definition) is 5. The van der Waals surface area contributed by atoms with Crippen molar-refractivity contribution in [1.82, 2.24) is 4.90 Å². The van der Waals surface area contributed by atoms with E-state index in [9.17, 15) is 28.0 Å². The van der Waals surface area contributed by atoms with Crippen LogP contribution in [0.4, 0.5) is 8.78 Å². The first-order valence-electron chi connectivity index (χ1n) is 7.47. The lowest BCUT2D eigenvalue weighted by atomic mass is 10.1. The number of imide groups is 1. The van der Waals surface area contributed by atoms with Gasteiger partial charge < -0.3 is 4.74 Å². The van der Waals surface area contributed by atoms with Crippen molar-refractivity contribution >= 4 is 23.6 Å². The summed E-state index contributed by atoms with van der Waals surface area (Å²) in [5.74, 6) is -5.30. The van der Waals surface area contributed by atoms with Crippen LogP contribution in [0.3, 0.4) is 0 Å². The van der Waals surface area contributed by atoms with Crippen LogP contribution in [0.5, 0.6) is 0 Å². The molecule has 2 aromatic carbocycles. The van der Waals surface area contributed by atoms with Gasteiger partial charge in [0.05, 0.1) is 11.1 Å². The number of ketones is 1. The highest BCUT2D eigenvalue weighted by Crippen LogP contribution is 2.22. The Hall–Kier alpha value is -3.42. The second-order valence-corrected chi connectivity index (χ2v) is 5.45. The molecule has 1 aliphatic heterocycles. The van der Waals surface area contributed by atoms with E-state index in [-0.39, 0.29) is 16.7 Å². The standard InChI is InChI=1S/C18H11F2NO5/c19-13-6-5-10(7-14(13)20)15(22)9-26-16(23)8-21-17(24)11-3-1-2-4-12(11)18(21)25/h1-7H,8-9H2. The van der Waals surface area contributed by atoms with E-state index in [1.54, 1.807) is 12.1 Å². The number of hydrogen-bond donors (Lipinski definition) is 0. The third kappa shape index (κ3) is 3.21. The van der Waals surface area contributed by atoms with Gasteiger partial charge in [0, 0.05) is 5.56 Å². The van der Waals surface area contributed by atoms with Gasteiger partial charge in [-0.1, -0.05) is 12.1 Å². The molecule has 2 aromatic rings. The average molecular weight is 359 g/mol. The van der Waals surface area contributed by atoms with E-state index in [0.717, 1.165) is 17.0 Å². The summed E-state index contributed by atoms with van der Waals surface area (Å²) in [5, 5.41) is 0. The van der Waals surface area contributed by atoms with E-state index in [1.807, 2.05) is 0 Å². The maximum absolute atomic E-state index is 13.1. The van der Waals surface area contributed by atoms with Gasteiger partial charge in [-0.25, -0.2) is 8.78 Å². The normalized spacial score (nSPS) is 12.9. The lowest BCUT2D eigenvalue weighted by molar-refractivity contribution is -0.142. The number of nitrogens with zero attached hydrogens (tertiary/aromatic N) is 1. The molecule has 3 rings (SSSR count). The van der Waals surface area contributed by atoms with Gasteiger partial charge in [0.2, 0.25) is 0 Å². The summed E-state index contributed by atoms with van der Waals surface area (Å²) in [6, 6.07) is 8.64. The molecule has 132 valence electrons. The Kier molecular flexibility index (Phi) is 4.57. The van der Waals surface area contributed by atoms with Crippen molar-refractivity contribution in [2.45, 2.75) is 0 Å². The van der Waals surface area contributed by atoms with Crippen molar-refractivity contribution in [3.8, 4) is 0 Å². The minimum absolute atomic E-state index is 0.169. The van der Waals surface area contributed by atoms with Crippen molar-refractivity contribution in [3.63, 3.8) is 0 Å². The fraction of sp³-hybridized carbons (Fsp3) is 0.111. The highest BCUT2D eigenvalue weighted by molar-refractivity contribution is 6.22. The zero-order valence-electron chi connectivity index (χ0n) is 13.2. The molecule has 6 nitrogen and oxygen atoms in total. The van der Waals surface area contributed by atoms with Gasteiger partial charge >= 0.3 is 5.97 Å². The fourth-order valence-electron chi connectivity index (χ4n) is 2.46. The molecule has 0 aliphatic carbocycles. The smallest absolute Gasteiger partial charge is 0.326 e. The number of halogens is 2. The molecule has 0 radical (unpaired) electrons. The predicted octanol–water partition coefficient (Wildman–Crippen LogP) is 1.99. The molecule has 0 unspecified atom stereocenters. The number of carbonyl (C=O) groups excluding carboxylic acids is 4. The molecular weight excluding hydrogens is 348 g/mol. The minimum atomic E-state index is -1.20. The molecule has 0 bridgehead atoms. The third-order valence-electron chi connectivity index (χ3n) is 3.77. The van der Waals surface area contributed by atoms with Crippen LogP contribution < -0.4 is 0 Å². The molecule has 0 spiro atoms. The maximum Gasteiger partial charge on any atom is 0.326 e. The summed E-state index contributed by atoms with van der Waals surface area (Å²) in [6.07, 6.45) is 0. The highest BCUT2D eigenvalue weighted by Gasteiger charge is 2.36. The highest BCUT2D eigenvalue weighted by atomic mass is 19.2. The number of esters is 1. The van der Waals surface area contributed by atoms with Gasteiger partial charge in [0.1, 0.15) is 6.54 Å². The van der Waals surface area contributed by atoms with Crippen LogP contribution in [0.25, 0.3) is 0 Å². The van der Waals surface area contributed by atoms with Gasteiger partial charge in [0.15, 0.2) is 24.0 Å². The molecule has 8 heteroatoms. The van der Waals surface area contributed by atoms with E-state index in [1.165, 1.54) is 12.1 Å². The van der Waals surface area contributed by atoms with Crippen molar-refractivity contribution in [1.29, 1.82) is 0 Å². The Balaban J connectivity index is 1.60. The van der Waals surface area contributed by atoms with Gasteiger partial charge in [-0.3, -0.25) is 24.1 Å². The quantitative estimate of drug-likeness (QED) is 0.463. The van der Waals surface area contributed by atoms with Gasteiger partial charge in [-0.15, -0.1) is 0 Å². The summed E-state index contributed by atoms with van der Waals surface area (Å²) in [7, 11) is 0. The monoisotopic (exact) mass is 359 g/mol. The summed E-state index contributed by atoms with van der Waals surface area (Å²) in [4.78, 5) is 48.7. The van der Waals surface area contributed by atoms with Crippen LogP contribution in [0.15, 0.2) is 42.5 Å². The molecule has 0 aromatic heterocycles. The third-order valence-corrected chi connectivity index (χ3v) is 3.77. The van der Waals surface area contributed by atoms with E-state index < -0.39 is 48.4 Å². The second kappa shape index (κ2) is 6.83. The second-order valence-electron chi connectivity index (χ2n) is 5.45. The zero-order valence-corrected chi connectivity index (χ0v) is 13.2. The number of amides is 2. The topological polar surface area (TPSA) is 80.8 Å². The van der Waals surface area contributed by atoms with Crippen molar-refractivity contribution in [3.05, 3.63) is 70.8 Å². The van der Waals surface area contributed by atoms with Gasteiger partial charge in [0.25, 0.3) is 11.8 Å². The molecule has 2 amide bonds. The molecule has 1 heterocycles. The van der Waals surface area contributed by atoms with Crippen LogP contribution >= 0.6 is 0 Å².